The highest BCUT2D eigenvalue weighted by Gasteiger charge is 2.08. The molecule has 0 aliphatic carbocycles. The quantitative estimate of drug-likeness (QED) is 0.651. The number of methoxy groups -OCH3 is 1. The van der Waals surface area contributed by atoms with E-state index in [2.05, 4.69) is 11.0 Å². The monoisotopic (exact) mass is 325 g/mol. The molecule has 6 nitrogen and oxygen atoms in total. The first-order chi connectivity index (χ1) is 11.5. The van der Waals surface area contributed by atoms with E-state index in [4.69, 9.17) is 11.2 Å². The number of ether oxygens (including phenoxy) is 1. The SMILES string of the molecule is C#CCn1cc(CN(C)C(=O)C=Cc2ccc(OC)c(O)c2)cn1. The third kappa shape index (κ3) is 4.40. The molecule has 0 unspecified atom stereocenters. The number of aromatic hydroxyl groups is 1. The molecule has 1 aromatic heterocycles. The zero-order valence-corrected chi connectivity index (χ0v) is 13.6. The van der Waals surface area contributed by atoms with E-state index in [1.165, 1.54) is 19.3 Å². The number of phenols is 1. The predicted octanol–water partition coefficient (Wildman–Crippen LogP) is 1.90. The standard InChI is InChI=1S/C18H19N3O3/c1-4-9-21-13-15(11-19-21)12-20(2)18(23)8-6-14-5-7-17(24-3)16(22)10-14/h1,5-8,10-11,13,22H,9,12H2,2-3H3. The number of nitrogens with zero attached hydrogens (tertiary/aromatic N) is 3. The number of carbonyl (C=O) groups excluding carboxylic acids is 1. The normalized spacial score (nSPS) is 10.5. The molecule has 1 N–H and O–H groups in total. The van der Waals surface area contributed by atoms with Gasteiger partial charge in [0.25, 0.3) is 0 Å². The van der Waals surface area contributed by atoms with Crippen molar-refractivity contribution in [2.75, 3.05) is 14.2 Å². The van der Waals surface area contributed by atoms with Crippen LogP contribution in [0.2, 0.25) is 0 Å². The van der Waals surface area contributed by atoms with E-state index in [0.29, 0.717) is 24.4 Å². The van der Waals surface area contributed by atoms with Crippen LogP contribution in [0, 0.1) is 12.3 Å². The molecule has 1 heterocycles. The molecule has 2 rings (SSSR count). The summed E-state index contributed by atoms with van der Waals surface area (Å²) in [6.45, 7) is 0.833. The highest BCUT2D eigenvalue weighted by atomic mass is 16.5. The van der Waals surface area contributed by atoms with E-state index in [1.54, 1.807) is 41.0 Å². The number of carbonyl (C=O) groups is 1. The van der Waals surface area contributed by atoms with Gasteiger partial charge >= 0.3 is 0 Å². The van der Waals surface area contributed by atoms with Gasteiger partial charge in [-0.25, -0.2) is 0 Å². The van der Waals surface area contributed by atoms with Crippen LogP contribution in [0.25, 0.3) is 6.08 Å². The molecule has 2 aromatic rings. The molecule has 6 heteroatoms. The molecule has 0 spiro atoms. The molecule has 0 saturated heterocycles. The van der Waals surface area contributed by atoms with Gasteiger partial charge in [-0.2, -0.15) is 5.10 Å². The van der Waals surface area contributed by atoms with E-state index in [9.17, 15) is 9.90 Å². The van der Waals surface area contributed by atoms with Crippen LogP contribution in [0.1, 0.15) is 11.1 Å². The maximum atomic E-state index is 12.2. The number of phenolic OH excluding ortho intramolecular Hbond substituents is 1. The number of benzene rings is 1. The largest absolute Gasteiger partial charge is 0.504 e. The number of aromatic nitrogens is 2. The molecule has 24 heavy (non-hydrogen) atoms. The fourth-order valence-corrected chi connectivity index (χ4v) is 2.13. The van der Waals surface area contributed by atoms with Crippen LogP contribution in [-0.2, 0) is 17.9 Å². The van der Waals surface area contributed by atoms with Crippen LogP contribution >= 0.6 is 0 Å². The highest BCUT2D eigenvalue weighted by Crippen LogP contribution is 2.26. The van der Waals surface area contributed by atoms with Crippen molar-refractivity contribution in [2.45, 2.75) is 13.1 Å². The Kier molecular flexibility index (Phi) is 5.63. The Balaban J connectivity index is 1.97. The van der Waals surface area contributed by atoms with E-state index < -0.39 is 0 Å². The average molecular weight is 325 g/mol. The van der Waals surface area contributed by atoms with Gasteiger partial charge in [0.05, 0.1) is 13.3 Å². The number of terminal acetylenes is 1. The summed E-state index contributed by atoms with van der Waals surface area (Å²) in [6, 6.07) is 4.93. The molecule has 0 aliphatic heterocycles. The van der Waals surface area contributed by atoms with Gasteiger partial charge in [0.2, 0.25) is 5.91 Å². The number of amides is 1. The van der Waals surface area contributed by atoms with E-state index in [0.717, 1.165) is 5.56 Å². The van der Waals surface area contributed by atoms with Crippen molar-refractivity contribution in [2.24, 2.45) is 0 Å². The van der Waals surface area contributed by atoms with E-state index in [1.807, 2.05) is 6.20 Å². The average Bonchev–Trinajstić information content (AvgIpc) is 3.00. The maximum absolute atomic E-state index is 12.2. The minimum absolute atomic E-state index is 0.0291. The molecule has 0 bridgehead atoms. The zero-order chi connectivity index (χ0) is 17.5. The Morgan fingerprint density at radius 1 is 1.54 bits per heavy atom. The minimum atomic E-state index is -0.157. The van der Waals surface area contributed by atoms with Gasteiger partial charge in [-0.15, -0.1) is 6.42 Å². The van der Waals surface area contributed by atoms with Gasteiger partial charge in [0.1, 0.15) is 6.54 Å². The predicted molar refractivity (Wildman–Crippen MR) is 91.2 cm³/mol. The van der Waals surface area contributed by atoms with Gasteiger partial charge in [0.15, 0.2) is 11.5 Å². The molecule has 1 amide bonds. The summed E-state index contributed by atoms with van der Waals surface area (Å²) in [5, 5.41) is 13.8. The lowest BCUT2D eigenvalue weighted by Gasteiger charge is -2.13. The van der Waals surface area contributed by atoms with E-state index >= 15 is 0 Å². The Morgan fingerprint density at radius 3 is 3.00 bits per heavy atom. The van der Waals surface area contributed by atoms with Crippen molar-refractivity contribution in [1.29, 1.82) is 0 Å². The highest BCUT2D eigenvalue weighted by molar-refractivity contribution is 5.91. The van der Waals surface area contributed by atoms with Gasteiger partial charge in [-0.05, 0) is 23.8 Å². The molecule has 0 fully saturated rings. The summed E-state index contributed by atoms with van der Waals surface area (Å²) in [7, 11) is 3.19. The van der Waals surface area contributed by atoms with Crippen LogP contribution in [0.15, 0.2) is 36.7 Å². The molecule has 0 radical (unpaired) electrons. The second kappa shape index (κ2) is 7.88. The Morgan fingerprint density at radius 2 is 2.33 bits per heavy atom. The van der Waals surface area contributed by atoms with Crippen molar-refractivity contribution in [3.63, 3.8) is 0 Å². The van der Waals surface area contributed by atoms with Crippen LogP contribution < -0.4 is 4.74 Å². The fourth-order valence-electron chi connectivity index (χ4n) is 2.13. The molecule has 1 aromatic carbocycles. The first-order valence-electron chi connectivity index (χ1n) is 7.28. The fraction of sp³-hybridized carbons (Fsp3) is 0.222. The summed E-state index contributed by atoms with van der Waals surface area (Å²) >= 11 is 0. The molecule has 0 atom stereocenters. The lowest BCUT2D eigenvalue weighted by Crippen LogP contribution is -2.23. The number of rotatable bonds is 6. The van der Waals surface area contributed by atoms with Crippen molar-refractivity contribution in [3.8, 4) is 23.8 Å². The van der Waals surface area contributed by atoms with Gasteiger partial charge in [-0.1, -0.05) is 12.0 Å². The summed E-state index contributed by atoms with van der Waals surface area (Å²) in [5.41, 5.74) is 1.61. The summed E-state index contributed by atoms with van der Waals surface area (Å²) in [6.07, 6.45) is 11.8. The number of likely N-dealkylation sites (N-methyl/N-ethyl adjacent to an activating group) is 1. The first-order valence-corrected chi connectivity index (χ1v) is 7.28. The minimum Gasteiger partial charge on any atom is -0.504 e. The third-order valence-corrected chi connectivity index (χ3v) is 3.36. The molecule has 124 valence electrons. The van der Waals surface area contributed by atoms with Gasteiger partial charge < -0.3 is 14.7 Å². The van der Waals surface area contributed by atoms with Crippen molar-refractivity contribution in [3.05, 3.63) is 47.8 Å². The smallest absolute Gasteiger partial charge is 0.246 e. The second-order valence-corrected chi connectivity index (χ2v) is 5.21. The number of hydrogen-bond donors (Lipinski definition) is 1. The second-order valence-electron chi connectivity index (χ2n) is 5.21. The number of hydrogen-bond acceptors (Lipinski definition) is 4. The lowest BCUT2D eigenvalue weighted by atomic mass is 10.2. The topological polar surface area (TPSA) is 67.6 Å². The lowest BCUT2D eigenvalue weighted by molar-refractivity contribution is -0.125. The summed E-state index contributed by atoms with van der Waals surface area (Å²) in [5.74, 6) is 2.76. The maximum Gasteiger partial charge on any atom is 0.246 e. The Labute approximate surface area is 141 Å². The van der Waals surface area contributed by atoms with Crippen molar-refractivity contribution < 1.29 is 14.6 Å². The molecule has 0 aliphatic rings. The Hall–Kier alpha value is -3.20. The van der Waals surface area contributed by atoms with Crippen LogP contribution in [0.4, 0.5) is 0 Å². The molecular formula is C18H19N3O3. The van der Waals surface area contributed by atoms with Gasteiger partial charge in [0, 0.05) is 31.4 Å². The molecule has 0 saturated carbocycles. The van der Waals surface area contributed by atoms with Crippen LogP contribution in [-0.4, -0.2) is 39.9 Å². The van der Waals surface area contributed by atoms with Crippen LogP contribution in [0.3, 0.4) is 0 Å². The van der Waals surface area contributed by atoms with Crippen molar-refractivity contribution in [1.82, 2.24) is 14.7 Å². The van der Waals surface area contributed by atoms with Gasteiger partial charge in [-0.3, -0.25) is 9.48 Å². The first kappa shape index (κ1) is 17.2. The van der Waals surface area contributed by atoms with E-state index in [-0.39, 0.29) is 11.7 Å². The van der Waals surface area contributed by atoms with Crippen LogP contribution in [0.5, 0.6) is 11.5 Å². The molecular weight excluding hydrogens is 306 g/mol. The summed E-state index contributed by atoms with van der Waals surface area (Å²) < 4.78 is 6.62. The Bertz CT molecular complexity index is 787. The summed E-state index contributed by atoms with van der Waals surface area (Å²) in [4.78, 5) is 13.7. The zero-order valence-electron chi connectivity index (χ0n) is 13.6. The third-order valence-electron chi connectivity index (χ3n) is 3.36. The van der Waals surface area contributed by atoms with Crippen molar-refractivity contribution >= 4 is 12.0 Å².